The standard InChI is InChI=1S/C26H28N4O3S2/c1-33-26(32)30-21(15-17-6-3-2-4-7-17)24(31)28-20(14-18-9-11-19(27)12-10-18)22-16-35-25(29-22)23-8-5-13-34-23/h2-13,16,20-21,24,28,31H,14-15,27H2,1H3,(H,30,32)/t20-,21-,24?/m0/s1. The van der Waals surface area contributed by atoms with Crippen LogP contribution in [0.3, 0.4) is 0 Å². The first-order valence-electron chi connectivity index (χ1n) is 11.2. The number of aliphatic hydroxyl groups excluding tert-OH is 1. The maximum absolute atomic E-state index is 12.0. The molecule has 1 unspecified atom stereocenters. The largest absolute Gasteiger partial charge is 0.453 e. The Morgan fingerprint density at radius 1 is 1.03 bits per heavy atom. The number of methoxy groups -OCH3 is 1. The van der Waals surface area contributed by atoms with Gasteiger partial charge in [-0.2, -0.15) is 0 Å². The van der Waals surface area contributed by atoms with Crippen molar-refractivity contribution >= 4 is 34.5 Å². The molecule has 4 rings (SSSR count). The first-order valence-corrected chi connectivity index (χ1v) is 12.9. The maximum Gasteiger partial charge on any atom is 0.407 e. The number of rotatable bonds is 10. The van der Waals surface area contributed by atoms with Gasteiger partial charge in [0.15, 0.2) is 0 Å². The minimum Gasteiger partial charge on any atom is -0.453 e. The van der Waals surface area contributed by atoms with Crippen LogP contribution in [0.2, 0.25) is 0 Å². The lowest BCUT2D eigenvalue weighted by Gasteiger charge is -2.28. The second-order valence-electron chi connectivity index (χ2n) is 8.10. The number of nitrogens with two attached hydrogens (primary N) is 1. The Balaban J connectivity index is 1.58. The van der Waals surface area contributed by atoms with E-state index < -0.39 is 18.4 Å². The summed E-state index contributed by atoms with van der Waals surface area (Å²) in [5.41, 5.74) is 9.41. The summed E-state index contributed by atoms with van der Waals surface area (Å²) >= 11 is 3.21. The molecule has 0 radical (unpaired) electrons. The number of thiophene rings is 1. The van der Waals surface area contributed by atoms with E-state index in [0.29, 0.717) is 18.5 Å². The van der Waals surface area contributed by atoms with Crippen molar-refractivity contribution in [3.05, 3.63) is 94.3 Å². The molecule has 0 spiro atoms. The van der Waals surface area contributed by atoms with Gasteiger partial charge in [-0.1, -0.05) is 48.5 Å². The summed E-state index contributed by atoms with van der Waals surface area (Å²) in [6.07, 6.45) is -0.646. The van der Waals surface area contributed by atoms with Gasteiger partial charge in [-0.05, 0) is 47.5 Å². The van der Waals surface area contributed by atoms with Crippen LogP contribution in [0.4, 0.5) is 10.5 Å². The molecule has 3 atom stereocenters. The Hall–Kier alpha value is -3.24. The average Bonchev–Trinajstić information content (AvgIpc) is 3.57. The Labute approximate surface area is 212 Å². The van der Waals surface area contributed by atoms with Crippen LogP contribution in [-0.2, 0) is 17.6 Å². The summed E-state index contributed by atoms with van der Waals surface area (Å²) in [7, 11) is 1.31. The number of nitrogen functional groups attached to an aromatic ring is 1. The van der Waals surface area contributed by atoms with Crippen molar-refractivity contribution in [2.45, 2.75) is 31.2 Å². The van der Waals surface area contributed by atoms with Gasteiger partial charge in [-0.3, -0.25) is 5.32 Å². The van der Waals surface area contributed by atoms with Gasteiger partial charge in [0.05, 0.1) is 29.8 Å². The van der Waals surface area contributed by atoms with Crippen molar-refractivity contribution in [2.24, 2.45) is 0 Å². The van der Waals surface area contributed by atoms with Crippen LogP contribution in [-0.4, -0.2) is 35.6 Å². The molecule has 182 valence electrons. The molecule has 0 bridgehead atoms. The number of anilines is 1. The number of alkyl carbamates (subject to hydrolysis) is 1. The van der Waals surface area contributed by atoms with Crippen molar-refractivity contribution in [1.82, 2.24) is 15.6 Å². The highest BCUT2D eigenvalue weighted by Gasteiger charge is 2.27. The number of hydrogen-bond donors (Lipinski definition) is 4. The molecule has 0 saturated heterocycles. The van der Waals surface area contributed by atoms with Gasteiger partial charge in [0.2, 0.25) is 0 Å². The number of benzene rings is 2. The van der Waals surface area contributed by atoms with Crippen LogP contribution in [0.5, 0.6) is 0 Å². The number of nitrogens with one attached hydrogen (secondary N) is 2. The molecule has 1 amide bonds. The highest BCUT2D eigenvalue weighted by atomic mass is 32.1. The van der Waals surface area contributed by atoms with Crippen LogP contribution in [0.15, 0.2) is 77.5 Å². The molecule has 0 fully saturated rings. The summed E-state index contributed by atoms with van der Waals surface area (Å²) in [6, 6.07) is 20.5. The Kier molecular flexibility index (Phi) is 8.49. The van der Waals surface area contributed by atoms with E-state index in [-0.39, 0.29) is 6.04 Å². The second-order valence-corrected chi connectivity index (χ2v) is 9.90. The van der Waals surface area contributed by atoms with E-state index in [4.69, 9.17) is 15.5 Å². The zero-order valence-corrected chi connectivity index (χ0v) is 20.9. The summed E-state index contributed by atoms with van der Waals surface area (Å²) in [5, 5.41) is 22.3. The van der Waals surface area contributed by atoms with Gasteiger partial charge in [0.25, 0.3) is 0 Å². The smallest absolute Gasteiger partial charge is 0.407 e. The number of nitrogens with zero attached hydrogens (tertiary/aromatic N) is 1. The molecular formula is C26H28N4O3S2. The molecule has 0 aliphatic carbocycles. The van der Waals surface area contributed by atoms with Gasteiger partial charge in [-0.25, -0.2) is 9.78 Å². The van der Waals surface area contributed by atoms with Gasteiger partial charge < -0.3 is 20.9 Å². The lowest BCUT2D eigenvalue weighted by Crippen LogP contribution is -2.52. The van der Waals surface area contributed by atoms with E-state index >= 15 is 0 Å². The van der Waals surface area contributed by atoms with Gasteiger partial charge in [0.1, 0.15) is 11.2 Å². The van der Waals surface area contributed by atoms with E-state index in [1.54, 1.807) is 22.7 Å². The Bertz CT molecular complexity index is 1200. The topological polar surface area (TPSA) is 110 Å². The molecule has 0 saturated carbocycles. The lowest BCUT2D eigenvalue weighted by atomic mass is 10.0. The fourth-order valence-corrected chi connectivity index (χ4v) is 5.43. The maximum atomic E-state index is 12.0. The van der Waals surface area contributed by atoms with Gasteiger partial charge in [-0.15, -0.1) is 22.7 Å². The van der Waals surface area contributed by atoms with Gasteiger partial charge in [0, 0.05) is 11.1 Å². The average molecular weight is 509 g/mol. The number of hydrogen-bond acceptors (Lipinski definition) is 8. The van der Waals surface area contributed by atoms with E-state index in [9.17, 15) is 9.90 Å². The highest BCUT2D eigenvalue weighted by Crippen LogP contribution is 2.31. The lowest BCUT2D eigenvalue weighted by molar-refractivity contribution is 0.0753. The predicted octanol–water partition coefficient (Wildman–Crippen LogP) is 4.61. The predicted molar refractivity (Wildman–Crippen MR) is 141 cm³/mol. The normalized spacial score (nSPS) is 13.7. The highest BCUT2D eigenvalue weighted by molar-refractivity contribution is 7.20. The molecular weight excluding hydrogens is 480 g/mol. The van der Waals surface area contributed by atoms with Gasteiger partial charge >= 0.3 is 6.09 Å². The van der Waals surface area contributed by atoms with Crippen molar-refractivity contribution < 1.29 is 14.6 Å². The first kappa shape index (κ1) is 24.9. The quantitative estimate of drug-likeness (QED) is 0.184. The zero-order chi connectivity index (χ0) is 24.6. The van der Waals surface area contributed by atoms with E-state index in [2.05, 4.69) is 10.6 Å². The van der Waals surface area contributed by atoms with E-state index in [0.717, 1.165) is 26.7 Å². The number of carbonyl (C=O) groups is 1. The summed E-state index contributed by atoms with van der Waals surface area (Å²) in [6.45, 7) is 0. The SMILES string of the molecule is COC(=O)N[C@@H](Cc1ccccc1)C(O)N[C@@H](Cc1ccc(N)cc1)c1csc(-c2cccs2)n1. The van der Waals surface area contributed by atoms with Crippen molar-refractivity contribution in [3.8, 4) is 9.88 Å². The Morgan fingerprint density at radius 3 is 2.46 bits per heavy atom. The number of carbonyl (C=O) groups excluding carboxylic acids is 1. The monoisotopic (exact) mass is 508 g/mol. The third-order valence-corrected chi connectivity index (χ3v) is 7.47. The minimum atomic E-state index is -1.06. The number of thiazole rings is 1. The molecule has 7 nitrogen and oxygen atoms in total. The van der Waals surface area contributed by atoms with Crippen LogP contribution in [0.1, 0.15) is 22.9 Å². The third-order valence-electron chi connectivity index (χ3n) is 5.57. The molecule has 2 heterocycles. The molecule has 9 heteroatoms. The van der Waals surface area contributed by atoms with Crippen LogP contribution in [0.25, 0.3) is 9.88 Å². The summed E-state index contributed by atoms with van der Waals surface area (Å²) in [4.78, 5) is 18.0. The minimum absolute atomic E-state index is 0.295. The number of amides is 1. The van der Waals surface area contributed by atoms with Crippen molar-refractivity contribution in [1.29, 1.82) is 0 Å². The third kappa shape index (κ3) is 6.89. The van der Waals surface area contributed by atoms with Crippen molar-refractivity contribution in [2.75, 3.05) is 12.8 Å². The zero-order valence-electron chi connectivity index (χ0n) is 19.3. The molecule has 35 heavy (non-hydrogen) atoms. The van der Waals surface area contributed by atoms with E-state index in [1.165, 1.54) is 7.11 Å². The van der Waals surface area contributed by atoms with Crippen LogP contribution < -0.4 is 16.4 Å². The molecule has 4 aromatic rings. The molecule has 0 aliphatic heterocycles. The second kappa shape index (κ2) is 11.9. The van der Waals surface area contributed by atoms with E-state index in [1.807, 2.05) is 77.5 Å². The fourth-order valence-electron chi connectivity index (χ4n) is 3.74. The fraction of sp³-hybridized carbons (Fsp3) is 0.231. The first-order chi connectivity index (χ1) is 17.0. The summed E-state index contributed by atoms with van der Waals surface area (Å²) in [5.74, 6) is 0. The van der Waals surface area contributed by atoms with Crippen molar-refractivity contribution in [3.63, 3.8) is 0 Å². The van der Waals surface area contributed by atoms with Crippen LogP contribution in [0, 0.1) is 0 Å². The Morgan fingerprint density at radius 2 is 1.77 bits per heavy atom. The number of aliphatic hydroxyl groups is 1. The summed E-state index contributed by atoms with van der Waals surface area (Å²) < 4.78 is 4.80. The number of ether oxygens (including phenoxy) is 1. The molecule has 2 aromatic heterocycles. The molecule has 0 aliphatic rings. The molecule has 5 N–H and O–H groups in total. The number of aromatic nitrogens is 1. The van der Waals surface area contributed by atoms with Crippen LogP contribution >= 0.6 is 22.7 Å². The molecule has 2 aromatic carbocycles.